The molecule has 1 aromatic carbocycles. The van der Waals surface area contributed by atoms with Gasteiger partial charge in [0.1, 0.15) is 12.1 Å². The first kappa shape index (κ1) is 20.1. The maximum atomic E-state index is 6.23. The van der Waals surface area contributed by atoms with Gasteiger partial charge < -0.3 is 14.0 Å². The summed E-state index contributed by atoms with van der Waals surface area (Å²) in [5.41, 5.74) is 4.26. The number of aromatic nitrogens is 4. The van der Waals surface area contributed by atoms with Crippen molar-refractivity contribution in [3.05, 3.63) is 59.7 Å². The molecular formula is C25H29N5OS. The molecule has 6 rings (SSSR count). The van der Waals surface area contributed by atoms with Gasteiger partial charge in [0, 0.05) is 30.2 Å². The lowest BCUT2D eigenvalue weighted by molar-refractivity contribution is 0.0893. The standard InChI is InChI=1S/C25H29N5OS/c1-29-16-26-28-25(29)32-22-12-11-18(31-22)15-30-14-13-20-19-9-5-6-10-21(19)27-23(20)24(30)17-7-3-2-4-8-17/h5-6,9-12,16-17,24,27H,2-4,7-8,13-15H2,1H3. The first-order valence-corrected chi connectivity index (χ1v) is 12.5. The minimum Gasteiger partial charge on any atom is -0.453 e. The van der Waals surface area contributed by atoms with Gasteiger partial charge in [0.05, 0.1) is 12.6 Å². The fourth-order valence-electron chi connectivity index (χ4n) is 5.63. The third-order valence-corrected chi connectivity index (χ3v) is 8.11. The summed E-state index contributed by atoms with van der Waals surface area (Å²) in [7, 11) is 1.95. The Morgan fingerprint density at radius 1 is 1.12 bits per heavy atom. The van der Waals surface area contributed by atoms with Crippen molar-refractivity contribution in [3.8, 4) is 0 Å². The zero-order chi connectivity index (χ0) is 21.5. The molecule has 1 atom stereocenters. The van der Waals surface area contributed by atoms with Gasteiger partial charge in [-0.05, 0) is 60.7 Å². The van der Waals surface area contributed by atoms with E-state index in [-0.39, 0.29) is 0 Å². The lowest BCUT2D eigenvalue weighted by Crippen LogP contribution is -2.39. The largest absolute Gasteiger partial charge is 0.453 e. The number of furan rings is 1. The van der Waals surface area contributed by atoms with Gasteiger partial charge in [-0.2, -0.15) is 0 Å². The summed E-state index contributed by atoms with van der Waals surface area (Å²) in [6, 6.07) is 13.4. The van der Waals surface area contributed by atoms with Gasteiger partial charge in [0.2, 0.25) is 0 Å². The molecule has 1 aliphatic carbocycles. The van der Waals surface area contributed by atoms with Gasteiger partial charge >= 0.3 is 0 Å². The van der Waals surface area contributed by atoms with Gasteiger partial charge in [-0.3, -0.25) is 4.90 Å². The highest BCUT2D eigenvalue weighted by molar-refractivity contribution is 7.99. The van der Waals surface area contributed by atoms with Crippen molar-refractivity contribution in [2.45, 2.75) is 61.4 Å². The average Bonchev–Trinajstić information content (AvgIpc) is 3.53. The molecule has 1 fully saturated rings. The number of nitrogens with one attached hydrogen (secondary N) is 1. The predicted octanol–water partition coefficient (Wildman–Crippen LogP) is 5.72. The average molecular weight is 448 g/mol. The molecule has 4 aromatic rings. The quantitative estimate of drug-likeness (QED) is 0.424. The molecular weight excluding hydrogens is 418 g/mol. The number of hydrogen-bond donors (Lipinski definition) is 1. The van der Waals surface area contributed by atoms with Crippen LogP contribution in [0.5, 0.6) is 0 Å². The Kier molecular flexibility index (Phi) is 5.31. The molecule has 166 valence electrons. The van der Waals surface area contributed by atoms with Gasteiger partial charge in [-0.1, -0.05) is 37.5 Å². The number of aromatic amines is 1. The van der Waals surface area contributed by atoms with Crippen LogP contribution in [-0.4, -0.2) is 31.2 Å². The van der Waals surface area contributed by atoms with E-state index >= 15 is 0 Å². The zero-order valence-corrected chi connectivity index (χ0v) is 19.3. The Morgan fingerprint density at radius 2 is 2.00 bits per heavy atom. The molecule has 6 nitrogen and oxygen atoms in total. The van der Waals surface area contributed by atoms with Crippen molar-refractivity contribution in [3.63, 3.8) is 0 Å². The van der Waals surface area contributed by atoms with Gasteiger partial charge in [0.15, 0.2) is 10.2 Å². The number of aryl methyl sites for hydroxylation is 1. The predicted molar refractivity (Wildman–Crippen MR) is 126 cm³/mol. The van der Waals surface area contributed by atoms with Crippen molar-refractivity contribution in [2.24, 2.45) is 13.0 Å². The first-order valence-electron chi connectivity index (χ1n) is 11.7. The van der Waals surface area contributed by atoms with Crippen molar-refractivity contribution >= 4 is 22.7 Å². The van der Waals surface area contributed by atoms with Crippen molar-refractivity contribution in [2.75, 3.05) is 6.54 Å². The highest BCUT2D eigenvalue weighted by Crippen LogP contribution is 2.44. The Hall–Kier alpha value is -2.51. The van der Waals surface area contributed by atoms with E-state index in [4.69, 9.17) is 4.42 Å². The van der Waals surface area contributed by atoms with E-state index in [1.165, 1.54) is 66.0 Å². The van der Waals surface area contributed by atoms with Crippen molar-refractivity contribution in [1.82, 2.24) is 24.6 Å². The van der Waals surface area contributed by atoms with E-state index in [9.17, 15) is 0 Å². The lowest BCUT2D eigenvalue weighted by atomic mass is 9.79. The van der Waals surface area contributed by atoms with Crippen molar-refractivity contribution < 1.29 is 4.42 Å². The van der Waals surface area contributed by atoms with Crippen LogP contribution in [0.15, 0.2) is 57.4 Å². The zero-order valence-electron chi connectivity index (χ0n) is 18.5. The fraction of sp³-hybridized carbons (Fsp3) is 0.440. The van der Waals surface area contributed by atoms with E-state index < -0.39 is 0 Å². The molecule has 0 radical (unpaired) electrons. The molecule has 7 heteroatoms. The Balaban J connectivity index is 1.29. The molecule has 4 heterocycles. The summed E-state index contributed by atoms with van der Waals surface area (Å²) < 4.78 is 8.14. The highest BCUT2D eigenvalue weighted by Gasteiger charge is 2.36. The van der Waals surface area contributed by atoms with E-state index in [1.54, 1.807) is 6.33 Å². The third kappa shape index (κ3) is 3.67. The fourth-order valence-corrected chi connectivity index (χ4v) is 6.38. The van der Waals surface area contributed by atoms with Crippen LogP contribution in [0.2, 0.25) is 0 Å². The lowest BCUT2D eigenvalue weighted by Gasteiger charge is -2.41. The highest BCUT2D eigenvalue weighted by atomic mass is 32.2. The minimum absolute atomic E-state index is 0.436. The van der Waals surface area contributed by atoms with Crippen LogP contribution in [0.4, 0.5) is 0 Å². The molecule has 32 heavy (non-hydrogen) atoms. The minimum atomic E-state index is 0.436. The van der Waals surface area contributed by atoms with Crippen LogP contribution in [0.3, 0.4) is 0 Å². The number of para-hydroxylation sites is 1. The van der Waals surface area contributed by atoms with Crippen LogP contribution >= 0.6 is 11.8 Å². The van der Waals surface area contributed by atoms with Crippen LogP contribution in [-0.2, 0) is 20.0 Å². The summed E-state index contributed by atoms with van der Waals surface area (Å²) >= 11 is 1.52. The van der Waals surface area contributed by atoms with E-state index in [2.05, 4.69) is 56.5 Å². The molecule has 1 saturated carbocycles. The molecule has 0 bridgehead atoms. The summed E-state index contributed by atoms with van der Waals surface area (Å²) in [4.78, 5) is 6.48. The van der Waals surface area contributed by atoms with Gasteiger partial charge in [0.25, 0.3) is 0 Å². The number of benzene rings is 1. The molecule has 1 N–H and O–H groups in total. The second kappa shape index (κ2) is 8.45. The second-order valence-corrected chi connectivity index (χ2v) is 10.1. The number of nitrogens with zero attached hydrogens (tertiary/aromatic N) is 4. The summed E-state index contributed by atoms with van der Waals surface area (Å²) in [5, 5.41) is 11.2. The second-order valence-electron chi connectivity index (χ2n) is 9.17. The number of rotatable bonds is 5. The molecule has 1 unspecified atom stereocenters. The molecule has 0 saturated heterocycles. The van der Waals surface area contributed by atoms with Crippen molar-refractivity contribution in [1.29, 1.82) is 0 Å². The number of fused-ring (bicyclic) bond motifs is 3. The molecule has 1 aliphatic heterocycles. The van der Waals surface area contributed by atoms with Gasteiger partial charge in [-0.25, -0.2) is 0 Å². The smallest absolute Gasteiger partial charge is 0.198 e. The van der Waals surface area contributed by atoms with Crippen LogP contribution in [0.1, 0.15) is 55.2 Å². The Labute approximate surface area is 192 Å². The summed E-state index contributed by atoms with van der Waals surface area (Å²) in [6.45, 7) is 1.91. The third-order valence-electron chi connectivity index (χ3n) is 7.14. The first-order chi connectivity index (χ1) is 15.8. The van der Waals surface area contributed by atoms with Crippen LogP contribution < -0.4 is 0 Å². The molecule has 2 aliphatic rings. The van der Waals surface area contributed by atoms with E-state index in [1.807, 2.05) is 11.6 Å². The van der Waals surface area contributed by atoms with Crippen LogP contribution in [0.25, 0.3) is 10.9 Å². The molecule has 0 amide bonds. The maximum Gasteiger partial charge on any atom is 0.198 e. The Morgan fingerprint density at radius 3 is 2.84 bits per heavy atom. The monoisotopic (exact) mass is 447 g/mol. The molecule has 3 aromatic heterocycles. The maximum absolute atomic E-state index is 6.23. The number of H-pyrrole nitrogens is 1. The van der Waals surface area contributed by atoms with Gasteiger partial charge in [-0.15, -0.1) is 10.2 Å². The van der Waals surface area contributed by atoms with E-state index in [0.29, 0.717) is 12.0 Å². The number of hydrogen-bond acceptors (Lipinski definition) is 5. The van der Waals surface area contributed by atoms with Crippen LogP contribution in [0, 0.1) is 5.92 Å². The molecule has 0 spiro atoms. The van der Waals surface area contributed by atoms with E-state index in [0.717, 1.165) is 35.5 Å². The Bertz CT molecular complexity index is 1220. The SMILES string of the molecule is Cn1cnnc1Sc1ccc(CN2CCc3c([nH]c4ccccc34)C2C2CCCCC2)o1. The topological polar surface area (TPSA) is 62.9 Å². The normalized spacial score (nSPS) is 20.1. The summed E-state index contributed by atoms with van der Waals surface area (Å²) in [5.74, 6) is 1.73. The summed E-state index contributed by atoms with van der Waals surface area (Å²) in [6.07, 6.45) is 9.52.